The normalized spacial score (nSPS) is 17.4. The van der Waals surface area contributed by atoms with Crippen molar-refractivity contribution in [1.29, 1.82) is 0 Å². The van der Waals surface area contributed by atoms with Crippen LogP contribution in [-0.4, -0.2) is 127 Å². The van der Waals surface area contributed by atoms with Crippen molar-refractivity contribution in [2.24, 2.45) is 0 Å². The Balaban J connectivity index is 9.80. The summed E-state index contributed by atoms with van der Waals surface area (Å²) >= 11 is 0. The van der Waals surface area contributed by atoms with Gasteiger partial charge in [-0.2, -0.15) is 145 Å². The van der Waals surface area contributed by atoms with E-state index in [1.807, 2.05) is 0 Å². The predicted molar refractivity (Wildman–Crippen MR) is 111 cm³/mol. The first-order chi connectivity index (χ1) is 25.4. The second-order valence-corrected chi connectivity index (χ2v) is 12.2. The monoisotopic (exact) mass is 1010 g/mol. The summed E-state index contributed by atoms with van der Waals surface area (Å²) in [6.45, 7) is 0. The Morgan fingerprint density at radius 2 is 0.311 bits per heavy atom. The summed E-state index contributed by atoms with van der Waals surface area (Å²) < 4.78 is 542. The van der Waals surface area contributed by atoms with Gasteiger partial charge in [0.1, 0.15) is 0 Å². The first-order valence-electron chi connectivity index (χ1n) is 13.3. The smallest absolute Gasteiger partial charge is 0.460 e. The average Bonchev–Trinajstić information content (AvgIpc) is 2.97. The minimum Gasteiger partial charge on any atom is -0.518 e. The first kappa shape index (κ1) is 58.3. The Kier molecular flexibility index (Phi) is 13.3. The van der Waals surface area contributed by atoms with Gasteiger partial charge in [0.15, 0.2) is 0 Å². The number of hydrogen-bond donors (Lipinski definition) is 1. The zero-order chi connectivity index (χ0) is 51.1. The van der Waals surface area contributed by atoms with Crippen LogP contribution in [0, 0.1) is 0 Å². The molecule has 0 heterocycles. The molecule has 0 amide bonds. The Morgan fingerprint density at radius 3 is 0.410 bits per heavy atom. The fourth-order valence-corrected chi connectivity index (χ4v) is 4.93. The fraction of sp³-hybridized carbons (Fsp3) is 1.00. The Bertz CT molecular complexity index is 1410. The van der Waals surface area contributed by atoms with Gasteiger partial charge in [-0.15, -0.1) is 0 Å². The summed E-state index contributed by atoms with van der Waals surface area (Å²) in [5.41, 5.74) is 0. The van der Waals surface area contributed by atoms with Gasteiger partial charge in [0, 0.05) is 14.1 Å². The molecule has 0 saturated carbocycles. The molecular weight excluding hydrogens is 1010 g/mol. The Morgan fingerprint density at radius 1 is 0.197 bits per heavy atom. The minimum atomic E-state index is -11.8. The highest BCUT2D eigenvalue weighted by molar-refractivity contribution is 6.79. The van der Waals surface area contributed by atoms with Crippen molar-refractivity contribution in [3.63, 3.8) is 0 Å². The topological polar surface area (TPSA) is 4.44 Å². The van der Waals surface area contributed by atoms with E-state index in [2.05, 4.69) is 0 Å². The SMILES string of the molecule is C[NH+](C)[B-](C(F)(F)C(F)(F)C(F)(F)C(F)(F)C(F)(F)C(F)(F)F)(C(F)(F)C(F)(F)C(F)(F)C(F)(F)C(F)(F)C(F)(F)F)C(F)(F)C(F)(F)C(F)(F)C(F)(F)C(F)(F)C(F)(F)F. The van der Waals surface area contributed by atoms with Gasteiger partial charge in [-0.3, -0.25) is 0 Å². The molecule has 1 nitrogen and oxygen atoms in total. The maximum absolute atomic E-state index is 15.5. The quantitative estimate of drug-likeness (QED) is 0.116. The van der Waals surface area contributed by atoms with Crippen LogP contribution < -0.4 is 4.81 Å². The molecule has 0 aromatic rings. The molecule has 0 bridgehead atoms. The molecular formula is C20H7BF39N. The van der Waals surface area contributed by atoms with E-state index >= 15 is 26.3 Å². The zero-order valence-corrected chi connectivity index (χ0v) is 26.8. The van der Waals surface area contributed by atoms with Gasteiger partial charge in [0.25, 0.3) is 17.5 Å². The largest absolute Gasteiger partial charge is 0.518 e. The van der Waals surface area contributed by atoms with Crippen LogP contribution in [0.2, 0.25) is 0 Å². The van der Waals surface area contributed by atoms with Crippen LogP contribution in [0.1, 0.15) is 0 Å². The van der Waals surface area contributed by atoms with Crippen LogP contribution in [0.25, 0.3) is 0 Å². The van der Waals surface area contributed by atoms with Gasteiger partial charge < -0.3 is 4.81 Å². The third-order valence-corrected chi connectivity index (χ3v) is 8.37. The molecule has 0 saturated heterocycles. The van der Waals surface area contributed by atoms with E-state index in [4.69, 9.17) is 0 Å². The molecule has 0 aliphatic carbocycles. The van der Waals surface area contributed by atoms with Crippen molar-refractivity contribution in [3.05, 3.63) is 0 Å². The Labute approximate surface area is 305 Å². The maximum Gasteiger partial charge on any atom is 0.460 e. The highest BCUT2D eigenvalue weighted by Crippen LogP contribution is 2.70. The molecule has 1 N–H and O–H groups in total. The van der Waals surface area contributed by atoms with Gasteiger partial charge in [0.05, 0.1) is 0 Å². The summed E-state index contributed by atoms with van der Waals surface area (Å²) in [5, 5.41) is 0. The standard InChI is InChI=1S/C20H7BF39N/c1-61(2)21(15(46,47)9(34,35)3(22,23)6(28,29)12(40,41)18(52,53)54,16(48,49)10(36,37)4(24,25)7(30,31)13(42,43)19(55,56)57)17(50,51)11(38,39)5(26,27)8(32,33)14(44,45)20(58,59)60/h61H,1-2H3. The van der Waals surface area contributed by atoms with Crippen molar-refractivity contribution in [1.82, 2.24) is 0 Å². The van der Waals surface area contributed by atoms with E-state index in [9.17, 15) is 145 Å². The number of rotatable bonds is 16. The molecule has 0 aromatic carbocycles. The summed E-state index contributed by atoms with van der Waals surface area (Å²) in [5.74, 6) is -153. The molecule has 0 aliphatic heterocycles. The van der Waals surface area contributed by atoms with E-state index in [0.717, 1.165) is 0 Å². The molecule has 0 fully saturated rings. The summed E-state index contributed by atoms with van der Waals surface area (Å²) in [7, 11) is -4.25. The van der Waals surface area contributed by atoms with E-state index in [0.29, 0.717) is 0 Å². The van der Waals surface area contributed by atoms with Crippen LogP contribution >= 0.6 is 0 Å². The lowest BCUT2D eigenvalue weighted by atomic mass is 9.18. The van der Waals surface area contributed by atoms with Crippen molar-refractivity contribution < 1.29 is 176 Å². The van der Waals surface area contributed by atoms with E-state index in [1.54, 1.807) is 0 Å². The van der Waals surface area contributed by atoms with Crippen molar-refractivity contribution in [2.45, 2.75) is 107 Å². The van der Waals surface area contributed by atoms with E-state index in [-0.39, 0.29) is 0 Å². The van der Waals surface area contributed by atoms with Gasteiger partial charge in [-0.1, -0.05) is 0 Å². The zero-order valence-electron chi connectivity index (χ0n) is 26.8. The van der Waals surface area contributed by atoms with E-state index in [1.165, 1.54) is 0 Å². The van der Waals surface area contributed by atoms with Crippen LogP contribution in [0.4, 0.5) is 171 Å². The summed E-state index contributed by atoms with van der Waals surface area (Å²) in [6, 6.07) is 0. The molecule has 0 aliphatic rings. The van der Waals surface area contributed by atoms with Crippen LogP contribution in [0.5, 0.6) is 0 Å². The number of nitrogens with one attached hydrogen (secondary N) is 1. The van der Waals surface area contributed by atoms with Crippen LogP contribution in [-0.2, 0) is 0 Å². The number of hydrogen-bond acceptors (Lipinski definition) is 0. The number of quaternary nitrogens is 1. The van der Waals surface area contributed by atoms with Gasteiger partial charge in [-0.25, -0.2) is 26.3 Å². The highest BCUT2D eigenvalue weighted by Gasteiger charge is 3.05. The molecule has 0 aromatic heterocycles. The number of halogens is 39. The first-order valence-corrected chi connectivity index (χ1v) is 13.3. The number of alkyl halides is 39. The molecule has 0 rings (SSSR count). The van der Waals surface area contributed by atoms with Crippen LogP contribution in [0.15, 0.2) is 0 Å². The molecule has 41 heteroatoms. The van der Waals surface area contributed by atoms with Crippen molar-refractivity contribution in [2.75, 3.05) is 14.1 Å². The highest BCUT2D eigenvalue weighted by atomic mass is 19.5. The van der Waals surface area contributed by atoms with Gasteiger partial charge in [-0.05, 0) is 0 Å². The minimum absolute atomic E-state index is 2.13. The molecule has 0 unspecified atom stereocenters. The lowest BCUT2D eigenvalue weighted by Crippen LogP contribution is -3.29. The molecule has 368 valence electrons. The van der Waals surface area contributed by atoms with Crippen molar-refractivity contribution in [3.8, 4) is 0 Å². The summed E-state index contributed by atoms with van der Waals surface area (Å²) in [4.78, 5) is -5.01. The fourth-order valence-electron chi connectivity index (χ4n) is 4.93. The lowest BCUT2D eigenvalue weighted by molar-refractivity contribution is -0.769. The second kappa shape index (κ2) is 13.9. The van der Waals surface area contributed by atoms with Crippen LogP contribution in [0.3, 0.4) is 0 Å². The predicted octanol–water partition coefficient (Wildman–Crippen LogP) is 10.9. The maximum atomic E-state index is 15.5. The molecule has 0 atom stereocenters. The van der Waals surface area contributed by atoms with Gasteiger partial charge in [0.2, 0.25) is 0 Å². The molecule has 61 heavy (non-hydrogen) atoms. The molecule has 0 radical (unpaired) electrons. The molecule has 0 spiro atoms. The van der Waals surface area contributed by atoms with Crippen molar-refractivity contribution >= 4 is 6.28 Å². The lowest BCUT2D eigenvalue weighted by Gasteiger charge is -2.59. The third kappa shape index (κ3) is 6.41. The summed E-state index contributed by atoms with van der Waals surface area (Å²) in [6.07, 6.45) is -38.0. The van der Waals surface area contributed by atoms with E-state index < -0.39 is 132 Å². The third-order valence-electron chi connectivity index (χ3n) is 8.37. The average molecular weight is 1010 g/mol. The second-order valence-electron chi connectivity index (χ2n) is 12.2. The Hall–Kier alpha value is -2.71. The van der Waals surface area contributed by atoms with Gasteiger partial charge >= 0.3 is 95.9 Å².